The standard InChI is InChI=1S/C9H8BrFO2/c10-8(9(12)13)5-6-1-3-7(11)4-2-6/h1-4,8H,5H2,(H,12,13)/p-1/t8-/m1/s1. The van der Waals surface area contributed by atoms with Crippen molar-refractivity contribution in [3.63, 3.8) is 0 Å². The fourth-order valence-electron chi connectivity index (χ4n) is 0.911. The van der Waals surface area contributed by atoms with E-state index in [-0.39, 0.29) is 5.82 Å². The second-order valence-electron chi connectivity index (χ2n) is 2.62. The van der Waals surface area contributed by atoms with Gasteiger partial charge in [-0.2, -0.15) is 0 Å². The molecule has 0 aliphatic rings. The minimum absolute atomic E-state index is 0.294. The maximum absolute atomic E-state index is 12.4. The predicted molar refractivity (Wildman–Crippen MR) is 47.8 cm³/mol. The van der Waals surface area contributed by atoms with Crippen LogP contribution in [0.25, 0.3) is 0 Å². The molecular formula is C9H7BrFO2-. The van der Waals surface area contributed by atoms with Crippen LogP contribution < -0.4 is 5.11 Å². The molecule has 4 heteroatoms. The summed E-state index contributed by atoms with van der Waals surface area (Å²) in [7, 11) is 0. The Hall–Kier alpha value is -0.900. The molecule has 0 radical (unpaired) electrons. The van der Waals surface area contributed by atoms with E-state index in [9.17, 15) is 14.3 Å². The summed E-state index contributed by atoms with van der Waals surface area (Å²) in [6.45, 7) is 0. The van der Waals surface area contributed by atoms with Crippen molar-refractivity contribution in [3.05, 3.63) is 35.6 Å². The highest BCUT2D eigenvalue weighted by Gasteiger charge is 2.05. The smallest absolute Gasteiger partial charge is 0.123 e. The average molecular weight is 246 g/mol. The van der Waals surface area contributed by atoms with Crippen LogP contribution in [0.2, 0.25) is 0 Å². The van der Waals surface area contributed by atoms with E-state index in [4.69, 9.17) is 0 Å². The first kappa shape index (κ1) is 10.2. The number of carboxylic acid groups (broad SMARTS) is 1. The molecule has 1 atom stereocenters. The monoisotopic (exact) mass is 245 g/mol. The summed E-state index contributed by atoms with van der Waals surface area (Å²) in [5.74, 6) is -1.49. The molecule has 0 bridgehead atoms. The highest BCUT2D eigenvalue weighted by atomic mass is 79.9. The number of halogens is 2. The fraction of sp³-hybridized carbons (Fsp3) is 0.222. The highest BCUT2D eigenvalue weighted by Crippen LogP contribution is 2.10. The Labute approximate surface area is 83.5 Å². The molecule has 0 N–H and O–H groups in total. The third kappa shape index (κ3) is 3.14. The van der Waals surface area contributed by atoms with Gasteiger partial charge in [0.2, 0.25) is 0 Å². The summed E-state index contributed by atoms with van der Waals surface area (Å²) in [5.41, 5.74) is 0.757. The van der Waals surface area contributed by atoms with Crippen LogP contribution in [-0.4, -0.2) is 10.8 Å². The van der Waals surface area contributed by atoms with Crippen LogP contribution in [0.1, 0.15) is 5.56 Å². The first-order chi connectivity index (χ1) is 6.09. The first-order valence-electron chi connectivity index (χ1n) is 3.69. The van der Waals surface area contributed by atoms with Crippen LogP contribution in [0, 0.1) is 5.82 Å². The Kier molecular flexibility index (Phi) is 3.42. The number of carbonyl (C=O) groups is 1. The third-order valence-electron chi connectivity index (χ3n) is 1.58. The molecule has 13 heavy (non-hydrogen) atoms. The Bertz CT molecular complexity index is 297. The molecule has 0 heterocycles. The predicted octanol–water partition coefficient (Wildman–Crippen LogP) is 0.882. The minimum Gasteiger partial charge on any atom is -0.549 e. The maximum Gasteiger partial charge on any atom is 0.123 e. The van der Waals surface area contributed by atoms with Gasteiger partial charge in [0, 0.05) is 0 Å². The number of carboxylic acids is 1. The van der Waals surface area contributed by atoms with Gasteiger partial charge in [0.1, 0.15) is 5.82 Å². The summed E-state index contributed by atoms with van der Waals surface area (Å²) in [5, 5.41) is 10.3. The molecular weight excluding hydrogens is 239 g/mol. The van der Waals surface area contributed by atoms with Gasteiger partial charge < -0.3 is 9.90 Å². The van der Waals surface area contributed by atoms with Crippen molar-refractivity contribution >= 4 is 21.9 Å². The molecule has 0 aliphatic carbocycles. The molecule has 0 unspecified atom stereocenters. The normalized spacial score (nSPS) is 12.5. The summed E-state index contributed by atoms with van der Waals surface area (Å²) in [4.78, 5) is 9.61. The largest absolute Gasteiger partial charge is 0.549 e. The van der Waals surface area contributed by atoms with Gasteiger partial charge in [0.15, 0.2) is 0 Å². The summed E-state index contributed by atoms with van der Waals surface area (Å²) in [6, 6.07) is 5.69. The van der Waals surface area contributed by atoms with E-state index < -0.39 is 10.8 Å². The Morgan fingerprint density at radius 2 is 2.00 bits per heavy atom. The highest BCUT2D eigenvalue weighted by molar-refractivity contribution is 9.10. The van der Waals surface area contributed by atoms with E-state index in [1.54, 1.807) is 12.1 Å². The fourth-order valence-corrected chi connectivity index (χ4v) is 1.28. The molecule has 0 saturated carbocycles. The van der Waals surface area contributed by atoms with E-state index in [0.29, 0.717) is 6.42 Å². The van der Waals surface area contributed by atoms with Gasteiger partial charge in [-0.05, 0) is 24.1 Å². The second-order valence-corrected chi connectivity index (χ2v) is 3.72. The minimum atomic E-state index is -1.16. The molecule has 2 nitrogen and oxygen atoms in total. The number of hydrogen-bond donors (Lipinski definition) is 0. The zero-order valence-electron chi connectivity index (χ0n) is 6.67. The van der Waals surface area contributed by atoms with Crippen LogP contribution in [0.4, 0.5) is 4.39 Å². The van der Waals surface area contributed by atoms with Crippen molar-refractivity contribution in [3.8, 4) is 0 Å². The number of hydrogen-bond acceptors (Lipinski definition) is 2. The van der Waals surface area contributed by atoms with Crippen molar-refractivity contribution in [2.75, 3.05) is 0 Å². The van der Waals surface area contributed by atoms with Gasteiger partial charge in [-0.3, -0.25) is 0 Å². The molecule has 1 aromatic rings. The van der Waals surface area contributed by atoms with Crippen LogP contribution in [0.3, 0.4) is 0 Å². The maximum atomic E-state index is 12.4. The molecule has 70 valence electrons. The lowest BCUT2D eigenvalue weighted by atomic mass is 10.1. The van der Waals surface area contributed by atoms with Crippen molar-refractivity contribution in [1.82, 2.24) is 0 Å². The van der Waals surface area contributed by atoms with E-state index in [2.05, 4.69) is 15.9 Å². The molecule has 0 saturated heterocycles. The van der Waals surface area contributed by atoms with Crippen LogP contribution >= 0.6 is 15.9 Å². The van der Waals surface area contributed by atoms with Crippen LogP contribution in [0.5, 0.6) is 0 Å². The molecule has 1 aromatic carbocycles. The van der Waals surface area contributed by atoms with Gasteiger partial charge in [-0.1, -0.05) is 28.1 Å². The van der Waals surface area contributed by atoms with E-state index in [0.717, 1.165) is 5.56 Å². The van der Waals surface area contributed by atoms with Gasteiger partial charge in [-0.15, -0.1) is 0 Å². The van der Waals surface area contributed by atoms with Gasteiger partial charge in [0.25, 0.3) is 0 Å². The molecule has 0 aromatic heterocycles. The zero-order chi connectivity index (χ0) is 9.84. The number of benzene rings is 1. The number of aliphatic carboxylic acids is 1. The van der Waals surface area contributed by atoms with Crippen molar-refractivity contribution < 1.29 is 14.3 Å². The summed E-state index contributed by atoms with van der Waals surface area (Å²) < 4.78 is 12.4. The molecule has 1 rings (SSSR count). The summed E-state index contributed by atoms with van der Waals surface area (Å²) >= 11 is 2.94. The lowest BCUT2D eigenvalue weighted by Gasteiger charge is -2.09. The van der Waals surface area contributed by atoms with Crippen molar-refractivity contribution in [1.29, 1.82) is 0 Å². The SMILES string of the molecule is O=C([O-])[C@H](Br)Cc1ccc(F)cc1. The van der Waals surface area contributed by atoms with E-state index >= 15 is 0 Å². The van der Waals surface area contributed by atoms with Gasteiger partial charge >= 0.3 is 0 Å². The molecule has 0 spiro atoms. The molecule has 0 fully saturated rings. The Morgan fingerprint density at radius 3 is 2.46 bits per heavy atom. The van der Waals surface area contributed by atoms with Crippen molar-refractivity contribution in [2.24, 2.45) is 0 Å². The summed E-state index contributed by atoms with van der Waals surface area (Å²) in [6.07, 6.45) is 0.294. The van der Waals surface area contributed by atoms with Crippen LogP contribution in [-0.2, 0) is 11.2 Å². The lowest BCUT2D eigenvalue weighted by molar-refractivity contribution is -0.304. The van der Waals surface area contributed by atoms with Gasteiger partial charge in [0.05, 0.1) is 10.8 Å². The average Bonchev–Trinajstić information content (AvgIpc) is 2.08. The Morgan fingerprint density at radius 1 is 1.46 bits per heavy atom. The zero-order valence-corrected chi connectivity index (χ0v) is 8.25. The number of carbonyl (C=O) groups excluding carboxylic acids is 1. The number of rotatable bonds is 3. The quantitative estimate of drug-likeness (QED) is 0.743. The van der Waals surface area contributed by atoms with E-state index in [1.165, 1.54) is 12.1 Å². The number of alkyl halides is 1. The molecule has 0 aliphatic heterocycles. The lowest BCUT2D eigenvalue weighted by Crippen LogP contribution is -2.32. The Balaban J connectivity index is 2.64. The first-order valence-corrected chi connectivity index (χ1v) is 4.60. The third-order valence-corrected chi connectivity index (χ3v) is 2.28. The van der Waals surface area contributed by atoms with Crippen LogP contribution in [0.15, 0.2) is 24.3 Å². The van der Waals surface area contributed by atoms with E-state index in [1.807, 2.05) is 0 Å². The topological polar surface area (TPSA) is 40.1 Å². The second kappa shape index (κ2) is 4.37. The van der Waals surface area contributed by atoms with Gasteiger partial charge in [-0.25, -0.2) is 4.39 Å². The molecule has 0 amide bonds. The van der Waals surface area contributed by atoms with Crippen molar-refractivity contribution in [2.45, 2.75) is 11.2 Å².